The van der Waals surface area contributed by atoms with Gasteiger partial charge in [0.15, 0.2) is 0 Å². The molecule has 0 heterocycles. The summed E-state index contributed by atoms with van der Waals surface area (Å²) in [7, 11) is 1.60. The zero-order valence-corrected chi connectivity index (χ0v) is 13.2. The smallest absolute Gasteiger partial charge is 0.273 e. The van der Waals surface area contributed by atoms with Crippen LogP contribution < -0.4 is 9.47 Å². The predicted molar refractivity (Wildman–Crippen MR) is 82.9 cm³/mol. The number of nitro benzene ring substituents is 1. The van der Waals surface area contributed by atoms with Gasteiger partial charge in [-0.3, -0.25) is 10.1 Å². The standard InChI is InChI=1S/C15H14BrNO4/c1-10-3-5-12(17(18)19)8-15(10)21-9-11-4-6-14(20-2)13(16)7-11/h3-8H,9H2,1-2H3. The molecule has 2 aromatic carbocycles. The van der Waals surface area contributed by atoms with E-state index in [0.29, 0.717) is 12.4 Å². The van der Waals surface area contributed by atoms with Gasteiger partial charge in [-0.25, -0.2) is 0 Å². The third-order valence-corrected chi connectivity index (χ3v) is 3.61. The molecule has 5 nitrogen and oxygen atoms in total. The minimum Gasteiger partial charge on any atom is -0.496 e. The zero-order chi connectivity index (χ0) is 15.4. The molecule has 0 saturated carbocycles. The lowest BCUT2D eigenvalue weighted by molar-refractivity contribution is -0.385. The molecule has 0 aromatic heterocycles. The van der Waals surface area contributed by atoms with E-state index in [9.17, 15) is 10.1 Å². The predicted octanol–water partition coefficient (Wildman–Crippen LogP) is 4.25. The van der Waals surface area contributed by atoms with E-state index in [-0.39, 0.29) is 5.69 Å². The number of nitro groups is 1. The van der Waals surface area contributed by atoms with Crippen LogP contribution in [0.5, 0.6) is 11.5 Å². The van der Waals surface area contributed by atoms with Gasteiger partial charge < -0.3 is 9.47 Å². The Labute approximate surface area is 130 Å². The number of hydrogen-bond donors (Lipinski definition) is 0. The summed E-state index contributed by atoms with van der Waals surface area (Å²) in [4.78, 5) is 10.3. The Morgan fingerprint density at radius 3 is 2.57 bits per heavy atom. The molecule has 2 aromatic rings. The fraction of sp³-hybridized carbons (Fsp3) is 0.200. The summed E-state index contributed by atoms with van der Waals surface area (Å²) in [6, 6.07) is 10.2. The highest BCUT2D eigenvalue weighted by Gasteiger charge is 2.10. The van der Waals surface area contributed by atoms with Gasteiger partial charge in [-0.2, -0.15) is 0 Å². The molecule has 0 fully saturated rings. The first-order valence-electron chi connectivity index (χ1n) is 6.21. The molecule has 0 spiro atoms. The first-order valence-corrected chi connectivity index (χ1v) is 7.01. The van der Waals surface area contributed by atoms with Gasteiger partial charge in [0.1, 0.15) is 18.1 Å². The number of non-ortho nitro benzene ring substituents is 1. The summed E-state index contributed by atoms with van der Waals surface area (Å²) in [5.74, 6) is 1.25. The van der Waals surface area contributed by atoms with Crippen molar-refractivity contribution in [2.24, 2.45) is 0 Å². The number of methoxy groups -OCH3 is 1. The monoisotopic (exact) mass is 351 g/mol. The number of ether oxygens (including phenoxy) is 2. The quantitative estimate of drug-likeness (QED) is 0.596. The van der Waals surface area contributed by atoms with Crippen molar-refractivity contribution in [3.05, 3.63) is 62.1 Å². The average Bonchev–Trinajstić information content (AvgIpc) is 2.46. The molecule has 0 bridgehead atoms. The van der Waals surface area contributed by atoms with Crippen molar-refractivity contribution in [2.75, 3.05) is 7.11 Å². The summed E-state index contributed by atoms with van der Waals surface area (Å²) in [5.41, 5.74) is 1.81. The van der Waals surface area contributed by atoms with Crippen molar-refractivity contribution >= 4 is 21.6 Å². The van der Waals surface area contributed by atoms with E-state index in [2.05, 4.69) is 15.9 Å². The van der Waals surface area contributed by atoms with Crippen LogP contribution >= 0.6 is 15.9 Å². The first kappa shape index (κ1) is 15.3. The topological polar surface area (TPSA) is 61.6 Å². The highest BCUT2D eigenvalue weighted by atomic mass is 79.9. The van der Waals surface area contributed by atoms with E-state index in [1.165, 1.54) is 12.1 Å². The third-order valence-electron chi connectivity index (χ3n) is 2.99. The molecular formula is C15H14BrNO4. The molecule has 0 aliphatic carbocycles. The molecule has 6 heteroatoms. The van der Waals surface area contributed by atoms with Gasteiger partial charge in [0.05, 0.1) is 22.6 Å². The Morgan fingerprint density at radius 2 is 1.95 bits per heavy atom. The summed E-state index contributed by atoms with van der Waals surface area (Å²) in [6.45, 7) is 2.17. The van der Waals surface area contributed by atoms with E-state index < -0.39 is 4.92 Å². The second-order valence-electron chi connectivity index (χ2n) is 4.46. The summed E-state index contributed by atoms with van der Waals surface area (Å²) in [5, 5.41) is 10.8. The van der Waals surface area contributed by atoms with Crippen molar-refractivity contribution in [3.63, 3.8) is 0 Å². The average molecular weight is 352 g/mol. The maximum absolute atomic E-state index is 10.8. The van der Waals surface area contributed by atoms with Crippen molar-refractivity contribution in [1.29, 1.82) is 0 Å². The number of hydrogen-bond acceptors (Lipinski definition) is 4. The third kappa shape index (κ3) is 3.72. The van der Waals surface area contributed by atoms with Crippen LogP contribution in [-0.2, 0) is 6.61 Å². The fourth-order valence-electron chi connectivity index (χ4n) is 1.82. The van der Waals surface area contributed by atoms with Crippen LogP contribution in [0.2, 0.25) is 0 Å². The molecule has 0 saturated heterocycles. The van der Waals surface area contributed by atoms with Crippen molar-refractivity contribution in [1.82, 2.24) is 0 Å². The van der Waals surface area contributed by atoms with E-state index in [1.807, 2.05) is 25.1 Å². The largest absolute Gasteiger partial charge is 0.496 e. The maximum atomic E-state index is 10.8. The van der Waals surface area contributed by atoms with Gasteiger partial charge in [0, 0.05) is 6.07 Å². The number of halogens is 1. The SMILES string of the molecule is COc1ccc(COc2cc([N+](=O)[O-])ccc2C)cc1Br. The van der Waals surface area contributed by atoms with Crippen LogP contribution in [-0.4, -0.2) is 12.0 Å². The van der Waals surface area contributed by atoms with Gasteiger partial charge >= 0.3 is 0 Å². The van der Waals surface area contributed by atoms with Gasteiger partial charge in [-0.05, 0) is 52.2 Å². The Kier molecular flexibility index (Phi) is 4.80. The van der Waals surface area contributed by atoms with Gasteiger partial charge in [-0.1, -0.05) is 6.07 Å². The number of aryl methyl sites for hydroxylation is 1. The second kappa shape index (κ2) is 6.58. The molecular weight excluding hydrogens is 338 g/mol. The van der Waals surface area contributed by atoms with E-state index in [0.717, 1.165) is 21.3 Å². The molecule has 110 valence electrons. The van der Waals surface area contributed by atoms with Gasteiger partial charge in [0.2, 0.25) is 0 Å². The maximum Gasteiger partial charge on any atom is 0.273 e. The summed E-state index contributed by atoms with van der Waals surface area (Å²) in [6.07, 6.45) is 0. The van der Waals surface area contributed by atoms with Gasteiger partial charge in [0.25, 0.3) is 5.69 Å². The Bertz CT molecular complexity index is 673. The molecule has 0 radical (unpaired) electrons. The zero-order valence-electron chi connectivity index (χ0n) is 11.6. The van der Waals surface area contributed by atoms with Crippen molar-refractivity contribution < 1.29 is 14.4 Å². The lowest BCUT2D eigenvalue weighted by Crippen LogP contribution is -1.99. The number of benzene rings is 2. The molecule has 0 aliphatic heterocycles. The molecule has 0 atom stereocenters. The lowest BCUT2D eigenvalue weighted by Gasteiger charge is -2.10. The van der Waals surface area contributed by atoms with Crippen molar-refractivity contribution in [3.8, 4) is 11.5 Å². The molecule has 0 unspecified atom stereocenters. The molecule has 0 amide bonds. The van der Waals surface area contributed by atoms with Crippen LogP contribution in [0.25, 0.3) is 0 Å². The highest BCUT2D eigenvalue weighted by Crippen LogP contribution is 2.28. The van der Waals surface area contributed by atoms with Crippen LogP contribution in [0.15, 0.2) is 40.9 Å². The number of rotatable bonds is 5. The Morgan fingerprint density at radius 1 is 1.19 bits per heavy atom. The summed E-state index contributed by atoms with van der Waals surface area (Å²) >= 11 is 3.41. The van der Waals surface area contributed by atoms with E-state index in [1.54, 1.807) is 13.2 Å². The Balaban J connectivity index is 2.14. The summed E-state index contributed by atoms with van der Waals surface area (Å²) < 4.78 is 11.7. The minimum atomic E-state index is -0.434. The van der Waals surface area contributed by atoms with Crippen LogP contribution in [0, 0.1) is 17.0 Å². The fourth-order valence-corrected chi connectivity index (χ4v) is 2.41. The lowest BCUT2D eigenvalue weighted by atomic mass is 10.2. The van der Waals surface area contributed by atoms with Crippen molar-refractivity contribution in [2.45, 2.75) is 13.5 Å². The van der Waals surface area contributed by atoms with E-state index in [4.69, 9.17) is 9.47 Å². The van der Waals surface area contributed by atoms with Gasteiger partial charge in [-0.15, -0.1) is 0 Å². The molecule has 0 N–H and O–H groups in total. The second-order valence-corrected chi connectivity index (χ2v) is 5.32. The van der Waals surface area contributed by atoms with Crippen LogP contribution in [0.3, 0.4) is 0 Å². The Hall–Kier alpha value is -2.08. The molecule has 21 heavy (non-hydrogen) atoms. The molecule has 2 rings (SSSR count). The van der Waals surface area contributed by atoms with Crippen LogP contribution in [0.1, 0.15) is 11.1 Å². The first-order chi connectivity index (χ1) is 10.0. The highest BCUT2D eigenvalue weighted by molar-refractivity contribution is 9.10. The normalized spacial score (nSPS) is 10.2. The minimum absolute atomic E-state index is 0.0199. The number of nitrogens with zero attached hydrogens (tertiary/aromatic N) is 1. The molecule has 0 aliphatic rings. The van der Waals surface area contributed by atoms with E-state index >= 15 is 0 Å². The van der Waals surface area contributed by atoms with Crippen LogP contribution in [0.4, 0.5) is 5.69 Å².